The number of hydrogen-bond donors (Lipinski definition) is 0. The summed E-state index contributed by atoms with van der Waals surface area (Å²) in [4.78, 5) is 14.6. The van der Waals surface area contributed by atoms with E-state index in [1.54, 1.807) is 24.1 Å². The molecule has 0 saturated heterocycles. The average Bonchev–Trinajstić information content (AvgIpc) is 2.78. The summed E-state index contributed by atoms with van der Waals surface area (Å²) < 4.78 is 5.16. The van der Waals surface area contributed by atoms with Crippen molar-refractivity contribution in [3.8, 4) is 0 Å². The van der Waals surface area contributed by atoms with Crippen LogP contribution in [0.25, 0.3) is 0 Å². The van der Waals surface area contributed by atoms with Crippen molar-refractivity contribution in [2.24, 2.45) is 0 Å². The van der Waals surface area contributed by atoms with Crippen LogP contribution in [0, 0.1) is 13.8 Å². The number of amides is 1. The zero-order valence-corrected chi connectivity index (χ0v) is 14.4. The van der Waals surface area contributed by atoms with Gasteiger partial charge in [-0.2, -0.15) is 0 Å². The molecular formula is C17H21ClN2O2. The fourth-order valence-corrected chi connectivity index (χ4v) is 2.63. The summed E-state index contributed by atoms with van der Waals surface area (Å²) >= 11 is 5.92. The lowest BCUT2D eigenvalue weighted by atomic mass is 9.83. The molecule has 5 heteroatoms. The molecule has 0 fully saturated rings. The zero-order chi connectivity index (χ0) is 16.5. The van der Waals surface area contributed by atoms with Gasteiger partial charge in [-0.15, -0.1) is 0 Å². The van der Waals surface area contributed by atoms with Crippen LogP contribution in [0.1, 0.15) is 36.4 Å². The molecule has 0 N–H and O–H groups in total. The van der Waals surface area contributed by atoms with Gasteiger partial charge >= 0.3 is 0 Å². The van der Waals surface area contributed by atoms with Crippen LogP contribution < -0.4 is 0 Å². The molecule has 1 amide bonds. The Bertz CT molecular complexity index is 655. The topological polar surface area (TPSA) is 46.3 Å². The molecule has 1 heterocycles. The minimum Gasteiger partial charge on any atom is -0.361 e. The van der Waals surface area contributed by atoms with Gasteiger partial charge in [0.2, 0.25) is 5.91 Å². The highest BCUT2D eigenvalue weighted by Crippen LogP contribution is 2.27. The van der Waals surface area contributed by atoms with Crippen molar-refractivity contribution >= 4 is 17.5 Å². The standard InChI is InChI=1S/C17H21ClN2O2/c1-11-15(12(2)22-19-11)10-20(5)16(21)17(3,4)13-6-8-14(18)9-7-13/h6-9H,10H2,1-5H3. The average molecular weight is 321 g/mol. The highest BCUT2D eigenvalue weighted by atomic mass is 35.5. The van der Waals surface area contributed by atoms with Gasteiger partial charge in [0.05, 0.1) is 17.7 Å². The first kappa shape index (κ1) is 16.6. The lowest BCUT2D eigenvalue weighted by Gasteiger charge is -2.30. The largest absolute Gasteiger partial charge is 0.361 e. The number of halogens is 1. The van der Waals surface area contributed by atoms with Crippen LogP contribution in [0.15, 0.2) is 28.8 Å². The molecule has 1 aromatic carbocycles. The van der Waals surface area contributed by atoms with E-state index in [4.69, 9.17) is 16.1 Å². The van der Waals surface area contributed by atoms with Gasteiger partial charge in [-0.3, -0.25) is 4.79 Å². The van der Waals surface area contributed by atoms with E-state index in [9.17, 15) is 4.79 Å². The number of aryl methyl sites for hydroxylation is 2. The maximum absolute atomic E-state index is 12.8. The molecule has 0 saturated carbocycles. The minimum atomic E-state index is -0.627. The van der Waals surface area contributed by atoms with E-state index in [0.29, 0.717) is 11.6 Å². The highest BCUT2D eigenvalue weighted by Gasteiger charge is 2.32. The van der Waals surface area contributed by atoms with Crippen molar-refractivity contribution < 1.29 is 9.32 Å². The van der Waals surface area contributed by atoms with E-state index in [1.807, 2.05) is 39.8 Å². The summed E-state index contributed by atoms with van der Waals surface area (Å²) in [6, 6.07) is 7.40. The number of carbonyl (C=O) groups excluding carboxylic acids is 1. The normalized spacial score (nSPS) is 11.5. The summed E-state index contributed by atoms with van der Waals surface area (Å²) in [6.45, 7) is 8.06. The molecule has 0 atom stereocenters. The molecule has 0 spiro atoms. The summed E-state index contributed by atoms with van der Waals surface area (Å²) in [7, 11) is 1.80. The van der Waals surface area contributed by atoms with E-state index in [-0.39, 0.29) is 5.91 Å². The number of hydrogen-bond acceptors (Lipinski definition) is 3. The quantitative estimate of drug-likeness (QED) is 0.858. The Morgan fingerprint density at radius 3 is 2.36 bits per heavy atom. The van der Waals surface area contributed by atoms with Gasteiger partial charge in [-0.1, -0.05) is 28.9 Å². The Morgan fingerprint density at radius 1 is 1.27 bits per heavy atom. The Balaban J connectivity index is 2.20. The summed E-state index contributed by atoms with van der Waals surface area (Å²) in [6.07, 6.45) is 0. The predicted octanol–water partition coefficient (Wildman–Crippen LogP) is 3.88. The second-order valence-electron chi connectivity index (χ2n) is 6.10. The Hall–Kier alpha value is -1.81. The number of aromatic nitrogens is 1. The first-order valence-electron chi connectivity index (χ1n) is 7.17. The Labute approximate surface area is 136 Å². The van der Waals surface area contributed by atoms with Crippen LogP contribution in [0.4, 0.5) is 0 Å². The van der Waals surface area contributed by atoms with Crippen LogP contribution in [0.2, 0.25) is 5.02 Å². The fourth-order valence-electron chi connectivity index (χ4n) is 2.50. The molecule has 1 aromatic heterocycles. The van der Waals surface area contributed by atoms with Gasteiger partial charge in [0.15, 0.2) is 0 Å². The maximum Gasteiger partial charge on any atom is 0.232 e. The highest BCUT2D eigenvalue weighted by molar-refractivity contribution is 6.30. The van der Waals surface area contributed by atoms with Gasteiger partial charge in [0.25, 0.3) is 0 Å². The van der Waals surface area contributed by atoms with Crippen LogP contribution in [-0.4, -0.2) is 23.0 Å². The van der Waals surface area contributed by atoms with E-state index < -0.39 is 5.41 Å². The van der Waals surface area contributed by atoms with Gasteiger partial charge < -0.3 is 9.42 Å². The van der Waals surface area contributed by atoms with E-state index in [1.165, 1.54) is 0 Å². The number of nitrogens with zero attached hydrogens (tertiary/aromatic N) is 2. The van der Waals surface area contributed by atoms with Crippen LogP contribution in [0.5, 0.6) is 0 Å². The molecule has 22 heavy (non-hydrogen) atoms. The van der Waals surface area contributed by atoms with Crippen LogP contribution >= 0.6 is 11.6 Å². The van der Waals surface area contributed by atoms with Gasteiger partial charge in [-0.25, -0.2) is 0 Å². The Kier molecular flexibility index (Phi) is 4.61. The third-order valence-corrected chi connectivity index (χ3v) is 4.28. The molecule has 0 aliphatic heterocycles. The molecule has 0 aliphatic rings. The lowest BCUT2D eigenvalue weighted by Crippen LogP contribution is -2.41. The maximum atomic E-state index is 12.8. The molecule has 0 radical (unpaired) electrons. The van der Waals surface area contributed by atoms with Crippen molar-refractivity contribution in [3.05, 3.63) is 51.9 Å². The molecule has 4 nitrogen and oxygen atoms in total. The SMILES string of the molecule is Cc1noc(C)c1CN(C)C(=O)C(C)(C)c1ccc(Cl)cc1. The van der Waals surface area contributed by atoms with Crippen molar-refractivity contribution in [1.29, 1.82) is 0 Å². The first-order valence-corrected chi connectivity index (χ1v) is 7.54. The second kappa shape index (κ2) is 6.13. The second-order valence-corrected chi connectivity index (χ2v) is 6.53. The molecule has 0 unspecified atom stereocenters. The smallest absolute Gasteiger partial charge is 0.232 e. The molecule has 0 bridgehead atoms. The van der Waals surface area contributed by atoms with Crippen molar-refractivity contribution in [1.82, 2.24) is 10.1 Å². The monoisotopic (exact) mass is 320 g/mol. The number of likely N-dealkylation sites (N-methyl/N-ethyl adjacent to an activating group) is 1. The van der Waals surface area contributed by atoms with Crippen LogP contribution in [-0.2, 0) is 16.8 Å². The van der Waals surface area contributed by atoms with Crippen molar-refractivity contribution in [3.63, 3.8) is 0 Å². The van der Waals surface area contributed by atoms with Gasteiger partial charge in [0, 0.05) is 17.6 Å². The minimum absolute atomic E-state index is 0.0369. The van der Waals surface area contributed by atoms with Crippen molar-refractivity contribution in [2.75, 3.05) is 7.05 Å². The summed E-state index contributed by atoms with van der Waals surface area (Å²) in [5.74, 6) is 0.788. The van der Waals surface area contributed by atoms with Crippen LogP contribution in [0.3, 0.4) is 0 Å². The third-order valence-electron chi connectivity index (χ3n) is 4.02. The summed E-state index contributed by atoms with van der Waals surface area (Å²) in [5.41, 5.74) is 2.09. The number of benzene rings is 1. The predicted molar refractivity (Wildman–Crippen MR) is 86.9 cm³/mol. The Morgan fingerprint density at radius 2 is 1.86 bits per heavy atom. The van der Waals surface area contributed by atoms with E-state index in [2.05, 4.69) is 5.16 Å². The lowest BCUT2D eigenvalue weighted by molar-refractivity contribution is -0.135. The van der Waals surface area contributed by atoms with E-state index >= 15 is 0 Å². The third kappa shape index (κ3) is 3.17. The number of rotatable bonds is 4. The zero-order valence-electron chi connectivity index (χ0n) is 13.6. The summed E-state index contributed by atoms with van der Waals surface area (Å²) in [5, 5.41) is 4.59. The molecule has 118 valence electrons. The first-order chi connectivity index (χ1) is 10.2. The van der Waals surface area contributed by atoms with Crippen molar-refractivity contribution in [2.45, 2.75) is 39.7 Å². The molecule has 2 aromatic rings. The van der Waals surface area contributed by atoms with Gasteiger partial charge in [-0.05, 0) is 45.4 Å². The molecule has 0 aliphatic carbocycles. The number of carbonyl (C=O) groups is 1. The molecule has 2 rings (SSSR count). The fraction of sp³-hybridized carbons (Fsp3) is 0.412. The molecular weight excluding hydrogens is 300 g/mol. The van der Waals surface area contributed by atoms with E-state index in [0.717, 1.165) is 22.6 Å². The van der Waals surface area contributed by atoms with Gasteiger partial charge in [0.1, 0.15) is 5.76 Å².